The molecule has 0 aliphatic heterocycles. The standard InChI is InChI=1S/C52H32N6/c53-33-37-32-36(51-54-50(35-18-6-2-7-19-35)55-52(56-51)42-24-11-10-22-39(42)34-16-4-1-5-17-34)28-30-44(37)58-45-26-14-12-23-40(45)41-29-31-47-48(49(41)58)43-25-13-15-27-46(43)57(47)38-20-8-3-9-21-38/h1-32H. The molecular formula is C52H32N6. The van der Waals surface area contributed by atoms with Crippen molar-refractivity contribution < 1.29 is 0 Å². The van der Waals surface area contributed by atoms with Crippen LogP contribution in [0, 0.1) is 11.3 Å². The third-order valence-corrected chi connectivity index (χ3v) is 11.0. The van der Waals surface area contributed by atoms with Crippen LogP contribution < -0.4 is 0 Å². The summed E-state index contributed by atoms with van der Waals surface area (Å²) in [7, 11) is 0. The molecule has 6 heteroatoms. The second kappa shape index (κ2) is 13.6. The normalized spacial score (nSPS) is 11.4. The van der Waals surface area contributed by atoms with Crippen molar-refractivity contribution >= 4 is 43.6 Å². The number of rotatable bonds is 6. The SMILES string of the molecule is N#Cc1cc(-c2nc(-c3ccccc3)nc(-c3ccccc3-c3ccccc3)n2)ccc1-n1c2ccccc2c2ccc3c(c4ccccc4n3-c3ccccc3)c21. The summed E-state index contributed by atoms with van der Waals surface area (Å²) in [6.07, 6.45) is 0. The molecule has 0 saturated carbocycles. The Hall–Kier alpha value is -8.14. The summed E-state index contributed by atoms with van der Waals surface area (Å²) >= 11 is 0. The molecule has 0 N–H and O–H groups in total. The molecule has 11 aromatic rings. The van der Waals surface area contributed by atoms with Crippen molar-refractivity contribution in [3.63, 3.8) is 0 Å². The Labute approximate surface area is 334 Å². The minimum atomic E-state index is 0.491. The second-order valence-electron chi connectivity index (χ2n) is 14.3. The van der Waals surface area contributed by atoms with Crippen LogP contribution in [0.15, 0.2) is 194 Å². The number of hydrogen-bond acceptors (Lipinski definition) is 4. The summed E-state index contributed by atoms with van der Waals surface area (Å²) in [5.74, 6) is 1.61. The topological polar surface area (TPSA) is 72.3 Å². The van der Waals surface area contributed by atoms with Gasteiger partial charge in [0.15, 0.2) is 17.5 Å². The number of benzene rings is 8. The Balaban J connectivity index is 1.15. The Kier molecular flexibility index (Phi) is 7.76. The third-order valence-electron chi connectivity index (χ3n) is 11.0. The van der Waals surface area contributed by atoms with Gasteiger partial charge in [-0.15, -0.1) is 0 Å². The molecular weight excluding hydrogens is 709 g/mol. The number of aromatic nitrogens is 5. The fourth-order valence-corrected chi connectivity index (χ4v) is 8.46. The Bertz CT molecular complexity index is 3390. The van der Waals surface area contributed by atoms with Gasteiger partial charge >= 0.3 is 0 Å². The molecule has 11 rings (SSSR count). The summed E-state index contributed by atoms with van der Waals surface area (Å²) in [6, 6.07) is 69.0. The van der Waals surface area contributed by atoms with E-state index >= 15 is 0 Å². The van der Waals surface area contributed by atoms with Gasteiger partial charge in [0.2, 0.25) is 0 Å². The Morgan fingerprint density at radius 3 is 1.69 bits per heavy atom. The van der Waals surface area contributed by atoms with Crippen LogP contribution in [-0.2, 0) is 0 Å². The van der Waals surface area contributed by atoms with Crippen LogP contribution in [0.4, 0.5) is 0 Å². The van der Waals surface area contributed by atoms with E-state index in [1.165, 1.54) is 0 Å². The van der Waals surface area contributed by atoms with Gasteiger partial charge in [-0.25, -0.2) is 15.0 Å². The summed E-state index contributed by atoms with van der Waals surface area (Å²) < 4.78 is 4.60. The van der Waals surface area contributed by atoms with E-state index in [4.69, 9.17) is 15.0 Å². The van der Waals surface area contributed by atoms with Gasteiger partial charge < -0.3 is 9.13 Å². The van der Waals surface area contributed by atoms with Gasteiger partial charge in [0.1, 0.15) is 6.07 Å². The molecule has 0 spiro atoms. The van der Waals surface area contributed by atoms with Crippen molar-refractivity contribution in [1.82, 2.24) is 24.1 Å². The first-order valence-electron chi connectivity index (χ1n) is 19.3. The van der Waals surface area contributed by atoms with Gasteiger partial charge in [-0.3, -0.25) is 0 Å². The van der Waals surface area contributed by atoms with Crippen LogP contribution in [-0.4, -0.2) is 24.1 Å². The average Bonchev–Trinajstić information content (AvgIpc) is 3.82. The second-order valence-corrected chi connectivity index (χ2v) is 14.3. The van der Waals surface area contributed by atoms with Crippen molar-refractivity contribution in [2.24, 2.45) is 0 Å². The smallest absolute Gasteiger partial charge is 0.164 e. The molecule has 0 fully saturated rings. The van der Waals surface area contributed by atoms with Crippen LogP contribution >= 0.6 is 0 Å². The lowest BCUT2D eigenvalue weighted by Crippen LogP contribution is -2.02. The predicted octanol–water partition coefficient (Wildman–Crippen LogP) is 12.6. The largest absolute Gasteiger partial charge is 0.309 e. The average molecular weight is 741 g/mol. The van der Waals surface area contributed by atoms with E-state index < -0.39 is 0 Å². The van der Waals surface area contributed by atoms with Gasteiger partial charge in [-0.1, -0.05) is 146 Å². The van der Waals surface area contributed by atoms with E-state index in [9.17, 15) is 5.26 Å². The summed E-state index contributed by atoms with van der Waals surface area (Å²) in [4.78, 5) is 15.2. The maximum absolute atomic E-state index is 11.0. The summed E-state index contributed by atoms with van der Waals surface area (Å²) in [6.45, 7) is 0. The highest BCUT2D eigenvalue weighted by molar-refractivity contribution is 6.26. The van der Waals surface area contributed by atoms with Crippen molar-refractivity contribution in [2.75, 3.05) is 0 Å². The monoisotopic (exact) mass is 740 g/mol. The Morgan fingerprint density at radius 1 is 0.397 bits per heavy atom. The molecule has 3 heterocycles. The van der Waals surface area contributed by atoms with E-state index in [2.05, 4.69) is 124 Å². The predicted molar refractivity (Wildman–Crippen MR) is 235 cm³/mol. The van der Waals surface area contributed by atoms with E-state index in [1.54, 1.807) is 0 Å². The van der Waals surface area contributed by atoms with Gasteiger partial charge in [-0.05, 0) is 59.7 Å². The molecule has 0 amide bonds. The molecule has 270 valence electrons. The van der Waals surface area contributed by atoms with Crippen molar-refractivity contribution in [3.05, 3.63) is 200 Å². The zero-order valence-corrected chi connectivity index (χ0v) is 31.2. The van der Waals surface area contributed by atoms with Crippen LogP contribution in [0.1, 0.15) is 5.56 Å². The number of para-hydroxylation sites is 3. The number of nitriles is 1. The maximum Gasteiger partial charge on any atom is 0.164 e. The first-order chi connectivity index (χ1) is 28.7. The van der Waals surface area contributed by atoms with Crippen LogP contribution in [0.5, 0.6) is 0 Å². The summed E-state index contributed by atoms with van der Waals surface area (Å²) in [5.41, 5.74) is 11.3. The highest BCUT2D eigenvalue weighted by Gasteiger charge is 2.23. The van der Waals surface area contributed by atoms with E-state index in [1.807, 2.05) is 84.9 Å². The molecule has 0 unspecified atom stereocenters. The van der Waals surface area contributed by atoms with Gasteiger partial charge in [0.25, 0.3) is 0 Å². The zero-order chi connectivity index (χ0) is 38.6. The molecule has 3 aromatic heterocycles. The molecule has 58 heavy (non-hydrogen) atoms. The lowest BCUT2D eigenvalue weighted by Gasteiger charge is -2.14. The van der Waals surface area contributed by atoms with E-state index in [0.717, 1.165) is 82.8 Å². The lowest BCUT2D eigenvalue weighted by atomic mass is 9.99. The lowest BCUT2D eigenvalue weighted by molar-refractivity contribution is 1.07. The molecule has 0 aliphatic rings. The molecule has 0 atom stereocenters. The fourth-order valence-electron chi connectivity index (χ4n) is 8.46. The zero-order valence-electron chi connectivity index (χ0n) is 31.2. The molecule has 0 bridgehead atoms. The molecule has 0 saturated heterocycles. The van der Waals surface area contributed by atoms with Gasteiger partial charge in [0, 0.05) is 43.9 Å². The van der Waals surface area contributed by atoms with Crippen LogP contribution in [0.2, 0.25) is 0 Å². The van der Waals surface area contributed by atoms with Crippen LogP contribution in [0.25, 0.3) is 100 Å². The molecule has 0 aliphatic carbocycles. The molecule has 6 nitrogen and oxygen atoms in total. The number of fused-ring (bicyclic) bond motifs is 7. The first kappa shape index (κ1) is 33.2. The number of hydrogen-bond donors (Lipinski definition) is 0. The van der Waals surface area contributed by atoms with Crippen LogP contribution in [0.3, 0.4) is 0 Å². The van der Waals surface area contributed by atoms with Crippen molar-refractivity contribution in [2.45, 2.75) is 0 Å². The van der Waals surface area contributed by atoms with Crippen molar-refractivity contribution in [3.8, 4) is 62.7 Å². The van der Waals surface area contributed by atoms with Gasteiger partial charge in [0.05, 0.1) is 33.3 Å². The minimum Gasteiger partial charge on any atom is -0.309 e. The van der Waals surface area contributed by atoms with E-state index in [0.29, 0.717) is 23.0 Å². The summed E-state index contributed by atoms with van der Waals surface area (Å²) in [5, 5.41) is 15.5. The minimum absolute atomic E-state index is 0.491. The van der Waals surface area contributed by atoms with E-state index in [-0.39, 0.29) is 0 Å². The quantitative estimate of drug-likeness (QED) is 0.170. The molecule has 0 radical (unpaired) electrons. The highest BCUT2D eigenvalue weighted by Crippen LogP contribution is 2.43. The maximum atomic E-state index is 11.0. The Morgan fingerprint density at radius 2 is 0.966 bits per heavy atom. The van der Waals surface area contributed by atoms with Crippen molar-refractivity contribution in [1.29, 1.82) is 5.26 Å². The fraction of sp³-hybridized carbons (Fsp3) is 0. The van der Waals surface area contributed by atoms with Gasteiger partial charge in [-0.2, -0.15) is 5.26 Å². The first-order valence-corrected chi connectivity index (χ1v) is 19.3. The molecule has 8 aromatic carbocycles. The number of nitrogens with zero attached hydrogens (tertiary/aromatic N) is 6. The highest BCUT2D eigenvalue weighted by atomic mass is 15.0. The third kappa shape index (κ3) is 5.30.